The molecule has 144 valence electrons. The first-order valence-electron chi connectivity index (χ1n) is 8.97. The van der Waals surface area contributed by atoms with E-state index in [0.29, 0.717) is 18.0 Å². The lowest BCUT2D eigenvalue weighted by molar-refractivity contribution is 0.0950. The van der Waals surface area contributed by atoms with Gasteiger partial charge in [-0.1, -0.05) is 24.3 Å². The topological polar surface area (TPSA) is 82.6 Å². The molecule has 2 aromatic carbocycles. The molecule has 0 aliphatic rings. The summed E-state index contributed by atoms with van der Waals surface area (Å²) in [6.45, 7) is 2.48. The van der Waals surface area contributed by atoms with E-state index in [4.69, 9.17) is 4.74 Å². The number of amides is 1. The van der Waals surface area contributed by atoms with Crippen LogP contribution in [0.3, 0.4) is 0 Å². The van der Waals surface area contributed by atoms with Gasteiger partial charge in [0.05, 0.1) is 18.5 Å². The Hall–Kier alpha value is -3.61. The number of hydrogen-bond donors (Lipinski definition) is 2. The number of aromatic nitrogens is 2. The Morgan fingerprint density at radius 1 is 1.21 bits per heavy atom. The molecule has 7 heteroatoms. The zero-order valence-electron chi connectivity index (χ0n) is 16.1. The third-order valence-electron chi connectivity index (χ3n) is 4.07. The molecule has 3 rings (SSSR count). The third-order valence-corrected chi connectivity index (χ3v) is 4.07. The van der Waals surface area contributed by atoms with E-state index in [1.54, 1.807) is 12.3 Å². The lowest BCUT2D eigenvalue weighted by Crippen LogP contribution is -2.18. The summed E-state index contributed by atoms with van der Waals surface area (Å²) in [7, 11) is 3.96. The SMILES string of the molecule is CCOc1ccccc1-c1cc(C(=O)NN=Cc2ccc(N(C)C)cc2)[nH]n1. The summed E-state index contributed by atoms with van der Waals surface area (Å²) < 4.78 is 5.62. The molecule has 0 radical (unpaired) electrons. The first-order chi connectivity index (χ1) is 13.6. The van der Waals surface area contributed by atoms with Crippen molar-refractivity contribution in [2.24, 2.45) is 5.10 Å². The quantitative estimate of drug-likeness (QED) is 0.489. The minimum absolute atomic E-state index is 0.321. The van der Waals surface area contributed by atoms with Crippen LogP contribution in [0.4, 0.5) is 5.69 Å². The van der Waals surface area contributed by atoms with Crippen molar-refractivity contribution in [2.45, 2.75) is 6.92 Å². The van der Waals surface area contributed by atoms with E-state index in [2.05, 4.69) is 20.7 Å². The molecule has 0 atom stereocenters. The van der Waals surface area contributed by atoms with Crippen molar-refractivity contribution < 1.29 is 9.53 Å². The summed E-state index contributed by atoms with van der Waals surface area (Å²) in [5.41, 5.74) is 6.27. The molecule has 0 spiro atoms. The van der Waals surface area contributed by atoms with Gasteiger partial charge in [-0.3, -0.25) is 9.89 Å². The molecule has 0 saturated carbocycles. The number of anilines is 1. The number of para-hydroxylation sites is 1. The summed E-state index contributed by atoms with van der Waals surface area (Å²) in [6, 6.07) is 17.1. The predicted octanol–water partition coefficient (Wildman–Crippen LogP) is 3.31. The Morgan fingerprint density at radius 3 is 2.68 bits per heavy atom. The zero-order valence-corrected chi connectivity index (χ0v) is 16.1. The highest BCUT2D eigenvalue weighted by Crippen LogP contribution is 2.28. The van der Waals surface area contributed by atoms with Crippen LogP contribution in [0.25, 0.3) is 11.3 Å². The van der Waals surface area contributed by atoms with Crippen molar-refractivity contribution in [2.75, 3.05) is 25.6 Å². The average Bonchev–Trinajstić information content (AvgIpc) is 3.19. The number of aromatic amines is 1. The number of hydrogen-bond acceptors (Lipinski definition) is 5. The van der Waals surface area contributed by atoms with Gasteiger partial charge in [-0.2, -0.15) is 10.2 Å². The molecule has 1 heterocycles. The fourth-order valence-electron chi connectivity index (χ4n) is 2.62. The van der Waals surface area contributed by atoms with Crippen LogP contribution in [0.1, 0.15) is 23.0 Å². The summed E-state index contributed by atoms with van der Waals surface area (Å²) in [4.78, 5) is 14.3. The van der Waals surface area contributed by atoms with E-state index in [-0.39, 0.29) is 5.91 Å². The maximum atomic E-state index is 12.3. The zero-order chi connectivity index (χ0) is 19.9. The molecule has 2 N–H and O–H groups in total. The highest BCUT2D eigenvalue weighted by Gasteiger charge is 2.13. The molecular formula is C21H23N5O2. The number of nitrogens with zero attached hydrogens (tertiary/aromatic N) is 3. The molecule has 3 aromatic rings. The minimum Gasteiger partial charge on any atom is -0.493 e. The number of rotatable bonds is 7. The normalized spacial score (nSPS) is 10.8. The van der Waals surface area contributed by atoms with Crippen LogP contribution in [0.5, 0.6) is 5.75 Å². The predicted molar refractivity (Wildman–Crippen MR) is 111 cm³/mol. The fraction of sp³-hybridized carbons (Fsp3) is 0.190. The highest BCUT2D eigenvalue weighted by atomic mass is 16.5. The van der Waals surface area contributed by atoms with Crippen LogP contribution >= 0.6 is 0 Å². The maximum Gasteiger partial charge on any atom is 0.289 e. The highest BCUT2D eigenvalue weighted by molar-refractivity contribution is 5.94. The summed E-state index contributed by atoms with van der Waals surface area (Å²) >= 11 is 0. The molecule has 0 aliphatic heterocycles. The molecule has 1 amide bonds. The molecule has 1 aromatic heterocycles. The van der Waals surface area contributed by atoms with Crippen LogP contribution < -0.4 is 15.1 Å². The van der Waals surface area contributed by atoms with Gasteiger partial charge in [-0.15, -0.1) is 0 Å². The van der Waals surface area contributed by atoms with E-state index in [1.807, 2.05) is 74.4 Å². The van der Waals surface area contributed by atoms with Crippen molar-refractivity contribution in [3.05, 3.63) is 65.9 Å². The summed E-state index contributed by atoms with van der Waals surface area (Å²) in [5, 5.41) is 11.0. The number of benzene rings is 2. The van der Waals surface area contributed by atoms with Crippen molar-refractivity contribution in [1.29, 1.82) is 0 Å². The summed E-state index contributed by atoms with van der Waals surface area (Å²) in [6.07, 6.45) is 1.60. The van der Waals surface area contributed by atoms with Gasteiger partial charge in [-0.25, -0.2) is 5.43 Å². The molecule has 7 nitrogen and oxygen atoms in total. The maximum absolute atomic E-state index is 12.3. The van der Waals surface area contributed by atoms with Gasteiger partial charge < -0.3 is 9.64 Å². The molecule has 0 unspecified atom stereocenters. The largest absolute Gasteiger partial charge is 0.493 e. The van der Waals surface area contributed by atoms with E-state index < -0.39 is 0 Å². The molecule has 0 saturated heterocycles. The van der Waals surface area contributed by atoms with Crippen molar-refractivity contribution in [3.8, 4) is 17.0 Å². The number of nitrogens with one attached hydrogen (secondary N) is 2. The van der Waals surface area contributed by atoms with E-state index in [1.165, 1.54) is 0 Å². The number of ether oxygens (including phenoxy) is 1. The van der Waals surface area contributed by atoms with Crippen LogP contribution in [0, 0.1) is 0 Å². The first-order valence-corrected chi connectivity index (χ1v) is 8.97. The number of carbonyl (C=O) groups excluding carboxylic acids is 1. The second-order valence-corrected chi connectivity index (χ2v) is 6.28. The lowest BCUT2D eigenvalue weighted by atomic mass is 10.1. The van der Waals surface area contributed by atoms with Gasteiger partial charge in [0.25, 0.3) is 5.91 Å². The van der Waals surface area contributed by atoms with E-state index >= 15 is 0 Å². The van der Waals surface area contributed by atoms with Gasteiger partial charge in [0, 0.05) is 25.3 Å². The summed E-state index contributed by atoms with van der Waals surface area (Å²) in [5.74, 6) is 0.358. The van der Waals surface area contributed by atoms with Crippen LogP contribution in [0.15, 0.2) is 59.7 Å². The Labute approximate surface area is 164 Å². The second kappa shape index (κ2) is 8.85. The van der Waals surface area contributed by atoms with Crippen LogP contribution in [0.2, 0.25) is 0 Å². The van der Waals surface area contributed by atoms with Crippen molar-refractivity contribution in [3.63, 3.8) is 0 Å². The Balaban J connectivity index is 1.66. The molecule has 0 aliphatic carbocycles. The average molecular weight is 377 g/mol. The number of carbonyl (C=O) groups is 1. The first kappa shape index (κ1) is 19.2. The number of hydrazone groups is 1. The fourth-order valence-corrected chi connectivity index (χ4v) is 2.62. The van der Waals surface area contributed by atoms with Gasteiger partial charge in [-0.05, 0) is 42.8 Å². The van der Waals surface area contributed by atoms with E-state index in [9.17, 15) is 4.79 Å². The van der Waals surface area contributed by atoms with Crippen molar-refractivity contribution in [1.82, 2.24) is 15.6 Å². The number of H-pyrrole nitrogens is 1. The standard InChI is InChI=1S/C21H23N5O2/c1-4-28-20-8-6-5-7-17(20)18-13-19(24-23-18)21(27)25-22-14-15-9-11-16(12-10-15)26(2)3/h5-14H,4H2,1-3H3,(H,23,24)(H,25,27). The van der Waals surface area contributed by atoms with Gasteiger partial charge in [0.1, 0.15) is 11.4 Å². The monoisotopic (exact) mass is 377 g/mol. The second-order valence-electron chi connectivity index (χ2n) is 6.28. The smallest absolute Gasteiger partial charge is 0.289 e. The van der Waals surface area contributed by atoms with Crippen molar-refractivity contribution >= 4 is 17.8 Å². The molecule has 0 fully saturated rings. The minimum atomic E-state index is -0.367. The van der Waals surface area contributed by atoms with Gasteiger partial charge in [0.2, 0.25) is 0 Å². The van der Waals surface area contributed by atoms with Crippen LogP contribution in [-0.2, 0) is 0 Å². The van der Waals surface area contributed by atoms with E-state index in [0.717, 1.165) is 22.6 Å². The van der Waals surface area contributed by atoms with Gasteiger partial charge in [0.15, 0.2) is 0 Å². The Bertz CT molecular complexity index is 961. The molecule has 0 bridgehead atoms. The Morgan fingerprint density at radius 2 is 1.96 bits per heavy atom. The van der Waals surface area contributed by atoms with Crippen LogP contribution in [-0.4, -0.2) is 43.0 Å². The van der Waals surface area contributed by atoms with Gasteiger partial charge >= 0.3 is 0 Å². The lowest BCUT2D eigenvalue weighted by Gasteiger charge is -2.11. The molecular weight excluding hydrogens is 354 g/mol. The Kier molecular flexibility index (Phi) is 6.06. The third kappa shape index (κ3) is 4.56. The molecule has 28 heavy (non-hydrogen) atoms.